The van der Waals surface area contributed by atoms with Crippen LogP contribution in [0.15, 0.2) is 42.9 Å². The number of aryl methyl sites for hydroxylation is 1. The first-order chi connectivity index (χ1) is 10.1. The number of rotatable bonds is 4. The van der Waals surface area contributed by atoms with E-state index in [9.17, 15) is 5.11 Å². The molecule has 0 bridgehead atoms. The second kappa shape index (κ2) is 5.69. The highest BCUT2D eigenvalue weighted by Gasteiger charge is 2.37. The third-order valence-corrected chi connectivity index (χ3v) is 3.70. The summed E-state index contributed by atoms with van der Waals surface area (Å²) in [5.41, 5.74) is 0.299. The number of hydrogen-bond donors (Lipinski definition) is 1. The van der Waals surface area contributed by atoms with E-state index in [-0.39, 0.29) is 6.61 Å². The van der Waals surface area contributed by atoms with Crippen molar-refractivity contribution in [1.82, 2.24) is 9.97 Å². The van der Waals surface area contributed by atoms with Gasteiger partial charge >= 0.3 is 0 Å². The SMILES string of the molecule is Cc1cccc(OC[C@]2(O)CCN(c3cnccn3)C2)c1. The quantitative estimate of drug-likeness (QED) is 0.928. The Morgan fingerprint density at radius 3 is 3.05 bits per heavy atom. The van der Waals surface area contributed by atoms with Crippen LogP contribution in [0, 0.1) is 6.92 Å². The molecule has 1 atom stereocenters. The number of anilines is 1. The maximum Gasteiger partial charge on any atom is 0.147 e. The van der Waals surface area contributed by atoms with Gasteiger partial charge in [0.05, 0.1) is 12.7 Å². The highest BCUT2D eigenvalue weighted by Crippen LogP contribution is 2.26. The minimum atomic E-state index is -0.846. The Balaban J connectivity index is 1.61. The van der Waals surface area contributed by atoms with Crippen LogP contribution in [-0.4, -0.2) is 40.4 Å². The summed E-state index contributed by atoms with van der Waals surface area (Å²) in [6.45, 7) is 3.57. The zero-order chi connectivity index (χ0) is 14.7. The first kappa shape index (κ1) is 13.8. The van der Waals surface area contributed by atoms with Crippen molar-refractivity contribution >= 4 is 5.82 Å². The fraction of sp³-hybridized carbons (Fsp3) is 0.375. The fourth-order valence-corrected chi connectivity index (χ4v) is 2.55. The van der Waals surface area contributed by atoms with Gasteiger partial charge in [-0.05, 0) is 31.0 Å². The average Bonchev–Trinajstić information content (AvgIpc) is 2.89. The molecule has 0 saturated carbocycles. The summed E-state index contributed by atoms with van der Waals surface area (Å²) in [7, 11) is 0. The van der Waals surface area contributed by atoms with Crippen molar-refractivity contribution in [3.63, 3.8) is 0 Å². The fourth-order valence-electron chi connectivity index (χ4n) is 2.55. The monoisotopic (exact) mass is 285 g/mol. The Bertz CT molecular complexity index is 605. The van der Waals surface area contributed by atoms with Crippen molar-refractivity contribution < 1.29 is 9.84 Å². The Kier molecular flexibility index (Phi) is 3.75. The van der Waals surface area contributed by atoms with Gasteiger partial charge < -0.3 is 14.7 Å². The number of aliphatic hydroxyl groups is 1. The van der Waals surface area contributed by atoms with E-state index >= 15 is 0 Å². The maximum absolute atomic E-state index is 10.6. The van der Waals surface area contributed by atoms with Crippen LogP contribution >= 0.6 is 0 Å². The van der Waals surface area contributed by atoms with E-state index < -0.39 is 5.60 Å². The summed E-state index contributed by atoms with van der Waals surface area (Å²) in [6.07, 6.45) is 5.69. The van der Waals surface area contributed by atoms with Crippen LogP contribution < -0.4 is 9.64 Å². The van der Waals surface area contributed by atoms with Crippen molar-refractivity contribution in [2.75, 3.05) is 24.6 Å². The summed E-state index contributed by atoms with van der Waals surface area (Å²) < 4.78 is 5.75. The number of β-amino-alcohol motifs (C(OH)–C–C–N with tert-alkyl or cyclic N) is 1. The number of benzene rings is 1. The van der Waals surface area contributed by atoms with Gasteiger partial charge in [-0.25, -0.2) is 4.98 Å². The Labute approximate surface area is 124 Å². The Morgan fingerprint density at radius 1 is 1.38 bits per heavy atom. The lowest BCUT2D eigenvalue weighted by Gasteiger charge is -2.24. The molecular weight excluding hydrogens is 266 g/mol. The van der Waals surface area contributed by atoms with E-state index in [4.69, 9.17) is 4.74 Å². The molecule has 0 unspecified atom stereocenters. The molecule has 1 aromatic carbocycles. The molecule has 21 heavy (non-hydrogen) atoms. The van der Waals surface area contributed by atoms with Crippen LogP contribution in [0.5, 0.6) is 5.75 Å². The van der Waals surface area contributed by atoms with Gasteiger partial charge in [0, 0.05) is 18.9 Å². The van der Waals surface area contributed by atoms with Gasteiger partial charge in [-0.3, -0.25) is 4.98 Å². The molecule has 0 spiro atoms. The van der Waals surface area contributed by atoms with Gasteiger partial charge in [-0.15, -0.1) is 0 Å². The van der Waals surface area contributed by atoms with Gasteiger partial charge in [0.1, 0.15) is 23.8 Å². The minimum Gasteiger partial charge on any atom is -0.491 e. The largest absolute Gasteiger partial charge is 0.491 e. The predicted octanol–water partition coefficient (Wildman–Crippen LogP) is 1.81. The van der Waals surface area contributed by atoms with Crippen molar-refractivity contribution in [2.45, 2.75) is 18.9 Å². The molecule has 1 aliphatic rings. The highest BCUT2D eigenvalue weighted by molar-refractivity contribution is 5.38. The van der Waals surface area contributed by atoms with Gasteiger partial charge in [0.25, 0.3) is 0 Å². The number of aromatic nitrogens is 2. The molecule has 5 heteroatoms. The lowest BCUT2D eigenvalue weighted by Crippen LogP contribution is -2.39. The Morgan fingerprint density at radius 2 is 2.29 bits per heavy atom. The maximum atomic E-state index is 10.6. The predicted molar refractivity (Wildman–Crippen MR) is 80.5 cm³/mol. The van der Waals surface area contributed by atoms with Gasteiger partial charge in [0.15, 0.2) is 0 Å². The molecule has 0 aliphatic carbocycles. The topological polar surface area (TPSA) is 58.5 Å². The molecule has 1 fully saturated rings. The summed E-state index contributed by atoms with van der Waals surface area (Å²) in [5.74, 6) is 1.59. The standard InChI is InChI=1S/C16H19N3O2/c1-13-3-2-4-14(9-13)21-12-16(20)5-8-19(11-16)15-10-17-6-7-18-15/h2-4,6-7,9-10,20H,5,8,11-12H2,1H3/t16-/m0/s1. The number of nitrogens with zero attached hydrogens (tertiary/aromatic N) is 3. The van der Waals surface area contributed by atoms with E-state index in [1.54, 1.807) is 18.6 Å². The van der Waals surface area contributed by atoms with Crippen molar-refractivity contribution in [3.8, 4) is 5.75 Å². The van der Waals surface area contributed by atoms with Crippen LogP contribution in [-0.2, 0) is 0 Å². The minimum absolute atomic E-state index is 0.285. The molecule has 3 rings (SSSR count). The third kappa shape index (κ3) is 3.31. The van der Waals surface area contributed by atoms with E-state index in [2.05, 4.69) is 9.97 Å². The molecule has 0 radical (unpaired) electrons. The first-order valence-corrected chi connectivity index (χ1v) is 7.07. The van der Waals surface area contributed by atoms with E-state index in [1.807, 2.05) is 36.1 Å². The van der Waals surface area contributed by atoms with E-state index in [1.165, 1.54) is 0 Å². The normalized spacial score (nSPS) is 21.5. The molecule has 1 aromatic heterocycles. The second-order valence-corrected chi connectivity index (χ2v) is 5.56. The smallest absolute Gasteiger partial charge is 0.147 e. The summed E-state index contributed by atoms with van der Waals surface area (Å²) in [4.78, 5) is 10.4. The molecule has 2 aromatic rings. The van der Waals surface area contributed by atoms with Crippen LogP contribution in [0.3, 0.4) is 0 Å². The zero-order valence-electron chi connectivity index (χ0n) is 12.1. The summed E-state index contributed by atoms with van der Waals surface area (Å²) >= 11 is 0. The van der Waals surface area contributed by atoms with Gasteiger partial charge in [0.2, 0.25) is 0 Å². The lowest BCUT2D eigenvalue weighted by atomic mass is 10.1. The molecule has 1 aliphatic heterocycles. The van der Waals surface area contributed by atoms with Gasteiger partial charge in [-0.1, -0.05) is 12.1 Å². The van der Waals surface area contributed by atoms with Crippen molar-refractivity contribution in [3.05, 3.63) is 48.4 Å². The third-order valence-electron chi connectivity index (χ3n) is 3.70. The zero-order valence-corrected chi connectivity index (χ0v) is 12.1. The summed E-state index contributed by atoms with van der Waals surface area (Å²) in [5, 5.41) is 10.6. The van der Waals surface area contributed by atoms with Crippen LogP contribution in [0.4, 0.5) is 5.82 Å². The molecule has 1 N–H and O–H groups in total. The van der Waals surface area contributed by atoms with Crippen molar-refractivity contribution in [1.29, 1.82) is 0 Å². The number of hydrogen-bond acceptors (Lipinski definition) is 5. The van der Waals surface area contributed by atoms with Crippen LogP contribution in [0.2, 0.25) is 0 Å². The van der Waals surface area contributed by atoms with Gasteiger partial charge in [-0.2, -0.15) is 0 Å². The molecule has 0 amide bonds. The molecule has 5 nitrogen and oxygen atoms in total. The molecule has 1 saturated heterocycles. The second-order valence-electron chi connectivity index (χ2n) is 5.56. The summed E-state index contributed by atoms with van der Waals surface area (Å²) in [6, 6.07) is 7.85. The molecule has 110 valence electrons. The highest BCUT2D eigenvalue weighted by atomic mass is 16.5. The molecular formula is C16H19N3O2. The molecule has 2 heterocycles. The Hall–Kier alpha value is -2.14. The number of ether oxygens (including phenoxy) is 1. The van der Waals surface area contributed by atoms with Crippen molar-refractivity contribution in [2.24, 2.45) is 0 Å². The van der Waals surface area contributed by atoms with Crippen LogP contribution in [0.25, 0.3) is 0 Å². The van der Waals surface area contributed by atoms with E-state index in [0.717, 1.165) is 23.7 Å². The van der Waals surface area contributed by atoms with E-state index in [0.29, 0.717) is 13.0 Å². The first-order valence-electron chi connectivity index (χ1n) is 7.07. The average molecular weight is 285 g/mol. The van der Waals surface area contributed by atoms with Crippen LogP contribution in [0.1, 0.15) is 12.0 Å². The lowest BCUT2D eigenvalue weighted by molar-refractivity contribution is 0.0144.